The molecule has 1 aliphatic rings. The number of para-hydroxylation sites is 1. The van der Waals surface area contributed by atoms with Crippen LogP contribution in [0.25, 0.3) is 0 Å². The first-order valence-electron chi connectivity index (χ1n) is 9.00. The van der Waals surface area contributed by atoms with Crippen LogP contribution in [0.2, 0.25) is 0 Å². The van der Waals surface area contributed by atoms with E-state index in [1.54, 1.807) is 19.4 Å². The van der Waals surface area contributed by atoms with Crippen LogP contribution in [0.4, 0.5) is 17.1 Å². The van der Waals surface area contributed by atoms with Gasteiger partial charge in [0.1, 0.15) is 5.75 Å². The number of pyridine rings is 1. The summed E-state index contributed by atoms with van der Waals surface area (Å²) in [6.07, 6.45) is 5.56. The molecule has 1 amide bonds. The van der Waals surface area contributed by atoms with E-state index in [0.717, 1.165) is 25.1 Å². The van der Waals surface area contributed by atoms with Gasteiger partial charge in [-0.2, -0.15) is 0 Å². The SMILES string of the molecule is COc1cccc(NC(=O)c2cncc(N3CCCc4ccccc43)c2)c1. The van der Waals surface area contributed by atoms with Gasteiger partial charge in [-0.25, -0.2) is 0 Å². The van der Waals surface area contributed by atoms with Crippen LogP contribution < -0.4 is 15.0 Å². The summed E-state index contributed by atoms with van der Waals surface area (Å²) >= 11 is 0. The largest absolute Gasteiger partial charge is 0.497 e. The van der Waals surface area contributed by atoms with Crippen LogP contribution in [0.1, 0.15) is 22.3 Å². The molecule has 3 aromatic rings. The fourth-order valence-electron chi connectivity index (χ4n) is 3.41. The van der Waals surface area contributed by atoms with E-state index in [9.17, 15) is 4.79 Å². The lowest BCUT2D eigenvalue weighted by Gasteiger charge is -2.31. The normalized spacial score (nSPS) is 13.0. The van der Waals surface area contributed by atoms with Gasteiger partial charge in [-0.15, -0.1) is 0 Å². The van der Waals surface area contributed by atoms with Crippen LogP contribution in [0.5, 0.6) is 5.75 Å². The van der Waals surface area contributed by atoms with Crippen molar-refractivity contribution in [3.8, 4) is 5.75 Å². The van der Waals surface area contributed by atoms with Gasteiger partial charge < -0.3 is 15.0 Å². The number of rotatable bonds is 4. The highest BCUT2D eigenvalue weighted by Crippen LogP contribution is 2.33. The molecule has 0 saturated carbocycles. The average molecular weight is 359 g/mol. The smallest absolute Gasteiger partial charge is 0.257 e. The standard InChI is InChI=1S/C22H21N3O2/c1-27-20-9-4-8-18(13-20)24-22(26)17-12-19(15-23-14-17)25-11-5-7-16-6-2-3-10-21(16)25/h2-4,6,8-10,12-15H,5,7,11H2,1H3,(H,24,26). The summed E-state index contributed by atoms with van der Waals surface area (Å²) in [6.45, 7) is 0.916. The van der Waals surface area contributed by atoms with E-state index in [1.165, 1.54) is 11.3 Å². The minimum Gasteiger partial charge on any atom is -0.497 e. The molecule has 0 atom stereocenters. The summed E-state index contributed by atoms with van der Waals surface area (Å²) in [5.74, 6) is 0.507. The van der Waals surface area contributed by atoms with Crippen LogP contribution in [0, 0.1) is 0 Å². The lowest BCUT2D eigenvalue weighted by atomic mass is 10.0. The van der Waals surface area contributed by atoms with Crippen molar-refractivity contribution < 1.29 is 9.53 Å². The molecule has 136 valence electrons. The summed E-state index contributed by atoms with van der Waals surface area (Å²) in [5.41, 5.74) is 4.66. The summed E-state index contributed by atoms with van der Waals surface area (Å²) in [7, 11) is 1.60. The van der Waals surface area contributed by atoms with Gasteiger partial charge in [-0.3, -0.25) is 9.78 Å². The minimum absolute atomic E-state index is 0.192. The van der Waals surface area contributed by atoms with Gasteiger partial charge >= 0.3 is 0 Å². The topological polar surface area (TPSA) is 54.5 Å². The van der Waals surface area contributed by atoms with E-state index in [0.29, 0.717) is 17.0 Å². The molecule has 5 nitrogen and oxygen atoms in total. The molecule has 1 N–H and O–H groups in total. The molecule has 4 rings (SSSR count). The maximum atomic E-state index is 12.7. The summed E-state index contributed by atoms with van der Waals surface area (Å²) < 4.78 is 5.20. The Morgan fingerprint density at radius 2 is 2.00 bits per heavy atom. The van der Waals surface area contributed by atoms with E-state index >= 15 is 0 Å². The predicted octanol–water partition coefficient (Wildman–Crippen LogP) is 4.43. The van der Waals surface area contributed by atoms with Crippen LogP contribution >= 0.6 is 0 Å². The van der Waals surface area contributed by atoms with Gasteiger partial charge in [0.05, 0.1) is 24.6 Å². The number of anilines is 3. The Balaban J connectivity index is 1.59. The fourth-order valence-corrected chi connectivity index (χ4v) is 3.41. The van der Waals surface area contributed by atoms with Gasteiger partial charge in [0.2, 0.25) is 0 Å². The van der Waals surface area contributed by atoms with Crippen LogP contribution in [-0.4, -0.2) is 24.5 Å². The van der Waals surface area contributed by atoms with Crippen molar-refractivity contribution in [2.24, 2.45) is 0 Å². The van der Waals surface area contributed by atoms with Crippen LogP contribution in [-0.2, 0) is 6.42 Å². The van der Waals surface area contributed by atoms with Crippen LogP contribution in [0.3, 0.4) is 0 Å². The van der Waals surface area contributed by atoms with Gasteiger partial charge in [0, 0.05) is 30.2 Å². The number of carbonyl (C=O) groups is 1. The molecule has 0 fully saturated rings. The second-order valence-corrected chi connectivity index (χ2v) is 6.50. The Labute approximate surface area is 158 Å². The van der Waals surface area contributed by atoms with E-state index in [1.807, 2.05) is 36.5 Å². The molecular formula is C22H21N3O2. The number of carbonyl (C=O) groups excluding carboxylic acids is 1. The molecule has 0 aliphatic carbocycles. The number of nitrogens with zero attached hydrogens (tertiary/aromatic N) is 2. The number of ether oxygens (including phenoxy) is 1. The van der Waals surface area contributed by atoms with E-state index in [4.69, 9.17) is 4.74 Å². The first-order valence-corrected chi connectivity index (χ1v) is 9.00. The van der Waals surface area contributed by atoms with Crippen molar-refractivity contribution in [3.05, 3.63) is 78.1 Å². The molecule has 5 heteroatoms. The maximum absolute atomic E-state index is 12.7. The number of hydrogen-bond acceptors (Lipinski definition) is 4. The lowest BCUT2D eigenvalue weighted by molar-refractivity contribution is 0.102. The number of benzene rings is 2. The molecule has 0 bridgehead atoms. The number of aryl methyl sites for hydroxylation is 1. The molecule has 1 aromatic heterocycles. The number of amides is 1. The summed E-state index contributed by atoms with van der Waals surface area (Å²) in [5, 5.41) is 2.90. The van der Waals surface area contributed by atoms with E-state index in [2.05, 4.69) is 33.4 Å². The first-order chi connectivity index (χ1) is 13.2. The monoisotopic (exact) mass is 359 g/mol. The quantitative estimate of drug-likeness (QED) is 0.749. The van der Waals surface area contributed by atoms with Crippen molar-refractivity contribution in [1.29, 1.82) is 0 Å². The van der Waals surface area contributed by atoms with Gasteiger partial charge in [-0.05, 0) is 42.7 Å². The highest BCUT2D eigenvalue weighted by molar-refractivity contribution is 6.04. The molecule has 2 heterocycles. The molecule has 1 aliphatic heterocycles. The second-order valence-electron chi connectivity index (χ2n) is 6.50. The molecule has 0 saturated heterocycles. The summed E-state index contributed by atoms with van der Waals surface area (Å²) in [4.78, 5) is 19.2. The van der Waals surface area contributed by atoms with Gasteiger partial charge in [0.25, 0.3) is 5.91 Å². The highest BCUT2D eigenvalue weighted by atomic mass is 16.5. The third-order valence-corrected chi connectivity index (χ3v) is 4.74. The summed E-state index contributed by atoms with van der Waals surface area (Å²) in [6, 6.07) is 17.6. The number of aromatic nitrogens is 1. The number of fused-ring (bicyclic) bond motifs is 1. The third-order valence-electron chi connectivity index (χ3n) is 4.74. The molecule has 0 spiro atoms. The van der Waals surface area contributed by atoms with E-state index in [-0.39, 0.29) is 5.91 Å². The van der Waals surface area contributed by atoms with Crippen molar-refractivity contribution in [2.45, 2.75) is 12.8 Å². The van der Waals surface area contributed by atoms with Crippen molar-refractivity contribution in [3.63, 3.8) is 0 Å². The fraction of sp³-hybridized carbons (Fsp3) is 0.182. The third kappa shape index (κ3) is 3.62. The zero-order chi connectivity index (χ0) is 18.6. The number of methoxy groups -OCH3 is 1. The first kappa shape index (κ1) is 17.1. The Hall–Kier alpha value is -3.34. The Bertz CT molecular complexity index is 971. The van der Waals surface area contributed by atoms with Crippen molar-refractivity contribution in [1.82, 2.24) is 4.98 Å². The van der Waals surface area contributed by atoms with Gasteiger partial charge in [-0.1, -0.05) is 24.3 Å². The molecule has 2 aromatic carbocycles. The molecule has 0 radical (unpaired) electrons. The lowest BCUT2D eigenvalue weighted by Crippen LogP contribution is -2.25. The molecule has 0 unspecified atom stereocenters. The van der Waals surface area contributed by atoms with Crippen molar-refractivity contribution in [2.75, 3.05) is 23.9 Å². The minimum atomic E-state index is -0.192. The van der Waals surface area contributed by atoms with Crippen molar-refractivity contribution >= 4 is 23.0 Å². The Morgan fingerprint density at radius 1 is 1.11 bits per heavy atom. The Kier molecular flexibility index (Phi) is 4.75. The zero-order valence-corrected chi connectivity index (χ0v) is 15.2. The maximum Gasteiger partial charge on any atom is 0.257 e. The number of nitrogens with one attached hydrogen (secondary N) is 1. The predicted molar refractivity (Wildman–Crippen MR) is 107 cm³/mol. The van der Waals surface area contributed by atoms with E-state index < -0.39 is 0 Å². The molecule has 27 heavy (non-hydrogen) atoms. The van der Waals surface area contributed by atoms with Gasteiger partial charge in [0.15, 0.2) is 0 Å². The highest BCUT2D eigenvalue weighted by Gasteiger charge is 2.19. The average Bonchev–Trinajstić information content (AvgIpc) is 2.73. The zero-order valence-electron chi connectivity index (χ0n) is 15.2. The number of hydrogen-bond donors (Lipinski definition) is 1. The molecular weight excluding hydrogens is 338 g/mol. The van der Waals surface area contributed by atoms with Crippen LogP contribution in [0.15, 0.2) is 67.0 Å². The Morgan fingerprint density at radius 3 is 2.89 bits per heavy atom. The second kappa shape index (κ2) is 7.50.